The zero-order chi connectivity index (χ0) is 14.2. The van der Waals surface area contributed by atoms with Crippen LogP contribution in [0.2, 0.25) is 0 Å². The number of halogens is 4. The Morgan fingerprint density at radius 2 is 1.95 bits per heavy atom. The van der Waals surface area contributed by atoms with Crippen molar-refractivity contribution in [2.45, 2.75) is 25.1 Å². The van der Waals surface area contributed by atoms with Gasteiger partial charge < -0.3 is 10.1 Å². The van der Waals surface area contributed by atoms with Crippen LogP contribution in [0.5, 0.6) is 5.19 Å². The maximum absolute atomic E-state index is 12.6. The minimum atomic E-state index is -4.33. The SMILES string of the molecule is Cl.FC(F)(F)c1ccc2nc(OC3CCNCC3)sc2c1. The summed E-state index contributed by atoms with van der Waals surface area (Å²) in [6, 6.07) is 3.57. The lowest BCUT2D eigenvalue weighted by atomic mass is 10.1. The Morgan fingerprint density at radius 3 is 2.62 bits per heavy atom. The summed E-state index contributed by atoms with van der Waals surface area (Å²) >= 11 is 1.17. The molecule has 1 saturated heterocycles. The molecule has 21 heavy (non-hydrogen) atoms. The minimum absolute atomic E-state index is 0. The number of aromatic nitrogens is 1. The van der Waals surface area contributed by atoms with Gasteiger partial charge in [-0.3, -0.25) is 0 Å². The quantitative estimate of drug-likeness (QED) is 0.902. The molecule has 8 heteroatoms. The zero-order valence-corrected chi connectivity index (χ0v) is 12.6. The Balaban J connectivity index is 0.00000161. The smallest absolute Gasteiger partial charge is 0.416 e. The molecule has 0 radical (unpaired) electrons. The minimum Gasteiger partial charge on any atom is -0.467 e. The number of nitrogens with one attached hydrogen (secondary N) is 1. The highest BCUT2D eigenvalue weighted by atomic mass is 35.5. The Kier molecular flexibility index (Phi) is 4.95. The van der Waals surface area contributed by atoms with Crippen molar-refractivity contribution >= 4 is 34.0 Å². The van der Waals surface area contributed by atoms with Gasteiger partial charge in [-0.1, -0.05) is 11.3 Å². The fraction of sp³-hybridized carbons (Fsp3) is 0.462. The summed E-state index contributed by atoms with van der Waals surface area (Å²) in [4.78, 5) is 4.24. The molecule has 0 aliphatic carbocycles. The first-order chi connectivity index (χ1) is 9.52. The summed E-state index contributed by atoms with van der Waals surface area (Å²) in [5.41, 5.74) is -0.103. The lowest BCUT2D eigenvalue weighted by Crippen LogP contribution is -2.34. The summed E-state index contributed by atoms with van der Waals surface area (Å²) in [6.07, 6.45) is -2.44. The zero-order valence-electron chi connectivity index (χ0n) is 10.9. The fourth-order valence-corrected chi connectivity index (χ4v) is 3.11. The van der Waals surface area contributed by atoms with Crippen LogP contribution in [0.3, 0.4) is 0 Å². The molecule has 0 atom stereocenters. The number of benzene rings is 1. The van der Waals surface area contributed by atoms with Gasteiger partial charge in [0, 0.05) is 0 Å². The summed E-state index contributed by atoms with van der Waals surface area (Å²) in [5.74, 6) is 0. The predicted molar refractivity (Wildman–Crippen MR) is 78.4 cm³/mol. The van der Waals surface area contributed by atoms with E-state index in [0.717, 1.165) is 38.1 Å². The standard InChI is InChI=1S/C13H13F3N2OS.ClH/c14-13(15,16)8-1-2-10-11(7-8)20-12(18-10)19-9-3-5-17-6-4-9;/h1-2,7,9,17H,3-6H2;1H. The number of alkyl halides is 3. The summed E-state index contributed by atoms with van der Waals surface area (Å²) in [7, 11) is 0. The number of hydrogen-bond donors (Lipinski definition) is 1. The Hall–Kier alpha value is -1.05. The molecule has 0 saturated carbocycles. The first kappa shape index (κ1) is 16.3. The molecule has 1 fully saturated rings. The van der Waals surface area contributed by atoms with Gasteiger partial charge in [0.1, 0.15) is 6.10 Å². The number of ether oxygens (including phenoxy) is 1. The van der Waals surface area contributed by atoms with Crippen molar-refractivity contribution in [1.29, 1.82) is 0 Å². The molecule has 1 N–H and O–H groups in total. The highest BCUT2D eigenvalue weighted by molar-refractivity contribution is 7.20. The van der Waals surface area contributed by atoms with Gasteiger partial charge in [0.05, 0.1) is 15.8 Å². The van der Waals surface area contributed by atoms with Crippen molar-refractivity contribution < 1.29 is 17.9 Å². The van der Waals surface area contributed by atoms with E-state index in [0.29, 0.717) is 15.4 Å². The van der Waals surface area contributed by atoms with Crippen molar-refractivity contribution in [2.75, 3.05) is 13.1 Å². The lowest BCUT2D eigenvalue weighted by Gasteiger charge is -2.22. The molecule has 1 aliphatic heterocycles. The van der Waals surface area contributed by atoms with Crippen LogP contribution in [0, 0.1) is 0 Å². The van der Waals surface area contributed by atoms with E-state index in [9.17, 15) is 13.2 Å². The van der Waals surface area contributed by atoms with Crippen LogP contribution < -0.4 is 10.1 Å². The average molecular weight is 339 g/mol. The van der Waals surface area contributed by atoms with Gasteiger partial charge in [0.25, 0.3) is 5.19 Å². The molecule has 1 aromatic carbocycles. The second-order valence-corrected chi connectivity index (χ2v) is 5.72. The van der Waals surface area contributed by atoms with Gasteiger partial charge in [-0.15, -0.1) is 12.4 Å². The van der Waals surface area contributed by atoms with Gasteiger partial charge in [0.2, 0.25) is 0 Å². The number of fused-ring (bicyclic) bond motifs is 1. The maximum atomic E-state index is 12.6. The van der Waals surface area contributed by atoms with E-state index >= 15 is 0 Å². The van der Waals surface area contributed by atoms with E-state index in [2.05, 4.69) is 10.3 Å². The van der Waals surface area contributed by atoms with E-state index in [1.807, 2.05) is 0 Å². The van der Waals surface area contributed by atoms with Crippen LogP contribution in [-0.4, -0.2) is 24.2 Å². The van der Waals surface area contributed by atoms with Crippen molar-refractivity contribution in [3.05, 3.63) is 23.8 Å². The van der Waals surface area contributed by atoms with Crippen LogP contribution in [0.25, 0.3) is 10.2 Å². The molecule has 0 spiro atoms. The lowest BCUT2D eigenvalue weighted by molar-refractivity contribution is -0.137. The molecule has 1 aromatic heterocycles. The number of rotatable bonds is 2. The molecule has 1 aliphatic rings. The van der Waals surface area contributed by atoms with E-state index < -0.39 is 11.7 Å². The van der Waals surface area contributed by atoms with Crippen LogP contribution in [-0.2, 0) is 6.18 Å². The third kappa shape index (κ3) is 3.78. The molecule has 3 nitrogen and oxygen atoms in total. The van der Waals surface area contributed by atoms with Crippen molar-refractivity contribution in [1.82, 2.24) is 10.3 Å². The monoisotopic (exact) mass is 338 g/mol. The van der Waals surface area contributed by atoms with E-state index in [1.165, 1.54) is 17.4 Å². The van der Waals surface area contributed by atoms with Crippen molar-refractivity contribution in [2.24, 2.45) is 0 Å². The number of nitrogens with zero attached hydrogens (tertiary/aromatic N) is 1. The predicted octanol–water partition coefficient (Wildman–Crippen LogP) is 3.87. The topological polar surface area (TPSA) is 34.1 Å². The van der Waals surface area contributed by atoms with Crippen LogP contribution >= 0.6 is 23.7 Å². The average Bonchev–Trinajstić information content (AvgIpc) is 2.80. The molecule has 3 rings (SSSR count). The summed E-state index contributed by atoms with van der Waals surface area (Å²) in [5, 5.41) is 3.68. The van der Waals surface area contributed by atoms with Gasteiger partial charge in [-0.25, -0.2) is 4.98 Å². The highest BCUT2D eigenvalue weighted by Crippen LogP contribution is 2.35. The Bertz CT molecular complexity index is 611. The largest absolute Gasteiger partial charge is 0.467 e. The first-order valence-electron chi connectivity index (χ1n) is 6.37. The van der Waals surface area contributed by atoms with E-state index in [1.54, 1.807) is 0 Å². The normalized spacial score (nSPS) is 16.7. The summed E-state index contributed by atoms with van der Waals surface area (Å²) < 4.78 is 44.2. The van der Waals surface area contributed by atoms with E-state index in [4.69, 9.17) is 4.74 Å². The second-order valence-electron chi connectivity index (χ2n) is 4.73. The second kappa shape index (κ2) is 6.37. The third-order valence-electron chi connectivity index (χ3n) is 3.25. The van der Waals surface area contributed by atoms with Gasteiger partial charge >= 0.3 is 6.18 Å². The molecule has 2 heterocycles. The summed E-state index contributed by atoms with van der Waals surface area (Å²) in [6.45, 7) is 1.79. The molecule has 0 unspecified atom stereocenters. The van der Waals surface area contributed by atoms with Crippen LogP contribution in [0.1, 0.15) is 18.4 Å². The number of thiazole rings is 1. The molecule has 116 valence electrons. The molecular weight excluding hydrogens is 325 g/mol. The Morgan fingerprint density at radius 1 is 1.24 bits per heavy atom. The van der Waals surface area contributed by atoms with Crippen molar-refractivity contribution in [3.63, 3.8) is 0 Å². The van der Waals surface area contributed by atoms with Crippen molar-refractivity contribution in [3.8, 4) is 5.19 Å². The van der Waals surface area contributed by atoms with Crippen LogP contribution in [0.4, 0.5) is 13.2 Å². The van der Waals surface area contributed by atoms with Gasteiger partial charge in [-0.05, 0) is 44.1 Å². The molecule has 0 bridgehead atoms. The third-order valence-corrected chi connectivity index (χ3v) is 4.16. The number of piperidine rings is 1. The van der Waals surface area contributed by atoms with Gasteiger partial charge in [-0.2, -0.15) is 13.2 Å². The first-order valence-corrected chi connectivity index (χ1v) is 7.19. The van der Waals surface area contributed by atoms with Gasteiger partial charge in [0.15, 0.2) is 0 Å². The molecule has 2 aromatic rings. The highest BCUT2D eigenvalue weighted by Gasteiger charge is 2.30. The molecule has 0 amide bonds. The van der Waals surface area contributed by atoms with Crippen LogP contribution in [0.15, 0.2) is 18.2 Å². The fourth-order valence-electron chi connectivity index (χ4n) is 2.19. The van der Waals surface area contributed by atoms with E-state index in [-0.39, 0.29) is 18.5 Å². The number of hydrogen-bond acceptors (Lipinski definition) is 4. The molecular formula is C13H14ClF3N2OS. The Labute approximate surface area is 129 Å². The maximum Gasteiger partial charge on any atom is 0.416 e.